The summed E-state index contributed by atoms with van der Waals surface area (Å²) in [5.41, 5.74) is 0.845. The van der Waals surface area contributed by atoms with E-state index in [4.69, 9.17) is 0 Å². The molecule has 1 spiro atoms. The molecular weight excluding hydrogens is 204 g/mol. The Morgan fingerprint density at radius 1 is 1.00 bits per heavy atom. The number of rotatable bonds is 2. The van der Waals surface area contributed by atoms with Gasteiger partial charge in [0.1, 0.15) is 0 Å². The lowest BCUT2D eigenvalue weighted by atomic mass is 9.72. The molecular formula is C17H30. The molecule has 3 aliphatic carbocycles. The standard InChI is InChI=1S/C17H30/c1-5-13-9-14(6-2)11(3)15-12(4)16(15)17(10-13)7-8-17/h11-16H,5-10H2,1-4H3. The molecule has 0 N–H and O–H groups in total. The van der Waals surface area contributed by atoms with Crippen molar-refractivity contribution in [2.75, 3.05) is 0 Å². The van der Waals surface area contributed by atoms with Crippen molar-refractivity contribution in [1.82, 2.24) is 0 Å². The van der Waals surface area contributed by atoms with Crippen LogP contribution in [0.4, 0.5) is 0 Å². The fraction of sp³-hybridized carbons (Fsp3) is 1.00. The van der Waals surface area contributed by atoms with Gasteiger partial charge >= 0.3 is 0 Å². The highest BCUT2D eigenvalue weighted by Gasteiger charge is 2.66. The minimum atomic E-state index is 0.845. The minimum Gasteiger partial charge on any atom is -0.0651 e. The average Bonchev–Trinajstić information content (AvgIpc) is 3.19. The zero-order valence-corrected chi connectivity index (χ0v) is 12.2. The number of hydrogen-bond donors (Lipinski definition) is 0. The average molecular weight is 234 g/mol. The maximum absolute atomic E-state index is 2.57. The fourth-order valence-electron chi connectivity index (χ4n) is 5.56. The van der Waals surface area contributed by atoms with E-state index in [-0.39, 0.29) is 0 Å². The molecule has 0 aromatic carbocycles. The Labute approximate surface area is 108 Å². The zero-order valence-electron chi connectivity index (χ0n) is 12.2. The quantitative estimate of drug-likeness (QED) is 0.621. The van der Waals surface area contributed by atoms with Crippen LogP contribution in [-0.2, 0) is 0 Å². The predicted octanol–water partition coefficient (Wildman–Crippen LogP) is 5.13. The van der Waals surface area contributed by atoms with Gasteiger partial charge in [-0.25, -0.2) is 0 Å². The molecule has 3 aliphatic rings. The van der Waals surface area contributed by atoms with Crippen molar-refractivity contribution in [2.24, 2.45) is 40.9 Å². The van der Waals surface area contributed by atoms with Crippen LogP contribution in [0.1, 0.15) is 66.2 Å². The van der Waals surface area contributed by atoms with Gasteiger partial charge in [-0.1, -0.05) is 40.5 Å². The molecule has 3 saturated carbocycles. The van der Waals surface area contributed by atoms with Crippen LogP contribution in [0, 0.1) is 40.9 Å². The van der Waals surface area contributed by atoms with Crippen LogP contribution >= 0.6 is 0 Å². The second-order valence-corrected chi connectivity index (χ2v) is 7.57. The van der Waals surface area contributed by atoms with Gasteiger partial charge < -0.3 is 0 Å². The molecule has 0 aromatic heterocycles. The third kappa shape index (κ3) is 1.78. The van der Waals surface area contributed by atoms with E-state index in [0.717, 1.165) is 40.9 Å². The molecule has 3 fully saturated rings. The Kier molecular flexibility index (Phi) is 2.84. The molecule has 98 valence electrons. The topological polar surface area (TPSA) is 0 Å². The highest BCUT2D eigenvalue weighted by Crippen LogP contribution is 2.73. The van der Waals surface area contributed by atoms with Crippen molar-refractivity contribution in [2.45, 2.75) is 66.2 Å². The largest absolute Gasteiger partial charge is 0.0651 e. The van der Waals surface area contributed by atoms with E-state index >= 15 is 0 Å². The Morgan fingerprint density at radius 2 is 1.71 bits per heavy atom. The lowest BCUT2D eigenvalue weighted by Gasteiger charge is -2.33. The van der Waals surface area contributed by atoms with Crippen LogP contribution in [0.2, 0.25) is 0 Å². The highest BCUT2D eigenvalue weighted by molar-refractivity contribution is 5.14. The van der Waals surface area contributed by atoms with Crippen molar-refractivity contribution in [1.29, 1.82) is 0 Å². The van der Waals surface area contributed by atoms with Crippen LogP contribution < -0.4 is 0 Å². The Balaban J connectivity index is 1.82. The molecule has 3 rings (SSSR count). The SMILES string of the molecule is CCC1CC(CC)C(C)C2C(C)C2C2(CC2)C1. The number of hydrogen-bond acceptors (Lipinski definition) is 0. The summed E-state index contributed by atoms with van der Waals surface area (Å²) in [5, 5.41) is 0. The molecule has 0 heterocycles. The summed E-state index contributed by atoms with van der Waals surface area (Å²) in [6.45, 7) is 9.96. The second-order valence-electron chi connectivity index (χ2n) is 7.57. The van der Waals surface area contributed by atoms with E-state index in [2.05, 4.69) is 27.7 Å². The van der Waals surface area contributed by atoms with Crippen molar-refractivity contribution >= 4 is 0 Å². The van der Waals surface area contributed by atoms with Gasteiger partial charge in [0.15, 0.2) is 0 Å². The van der Waals surface area contributed by atoms with Crippen LogP contribution in [-0.4, -0.2) is 0 Å². The molecule has 0 aliphatic heterocycles. The van der Waals surface area contributed by atoms with Gasteiger partial charge in [-0.2, -0.15) is 0 Å². The lowest BCUT2D eigenvalue weighted by molar-refractivity contribution is 0.165. The van der Waals surface area contributed by atoms with E-state index in [1.54, 1.807) is 19.3 Å². The van der Waals surface area contributed by atoms with Crippen molar-refractivity contribution in [3.05, 3.63) is 0 Å². The van der Waals surface area contributed by atoms with Gasteiger partial charge in [0.25, 0.3) is 0 Å². The van der Waals surface area contributed by atoms with Gasteiger partial charge in [0.05, 0.1) is 0 Å². The first kappa shape index (κ1) is 12.1. The van der Waals surface area contributed by atoms with Crippen molar-refractivity contribution in [3.8, 4) is 0 Å². The van der Waals surface area contributed by atoms with Crippen LogP contribution in [0.15, 0.2) is 0 Å². The molecule has 6 atom stereocenters. The summed E-state index contributed by atoms with van der Waals surface area (Å²) in [4.78, 5) is 0. The Bertz CT molecular complexity index is 288. The summed E-state index contributed by atoms with van der Waals surface area (Å²) in [7, 11) is 0. The Morgan fingerprint density at radius 3 is 2.24 bits per heavy atom. The molecule has 0 nitrogen and oxygen atoms in total. The first-order valence-electron chi connectivity index (χ1n) is 8.13. The molecule has 0 aromatic rings. The van der Waals surface area contributed by atoms with E-state index < -0.39 is 0 Å². The van der Waals surface area contributed by atoms with E-state index in [1.807, 2.05) is 0 Å². The summed E-state index contributed by atoms with van der Waals surface area (Å²) < 4.78 is 0. The maximum Gasteiger partial charge on any atom is -0.0261 e. The van der Waals surface area contributed by atoms with Gasteiger partial charge in [-0.15, -0.1) is 0 Å². The van der Waals surface area contributed by atoms with E-state index in [0.29, 0.717) is 0 Å². The summed E-state index contributed by atoms with van der Waals surface area (Å²) >= 11 is 0. The smallest absolute Gasteiger partial charge is 0.0261 e. The van der Waals surface area contributed by atoms with Gasteiger partial charge in [-0.05, 0) is 66.6 Å². The number of fused-ring (bicyclic) bond motifs is 2. The fourth-order valence-corrected chi connectivity index (χ4v) is 5.56. The Hall–Kier alpha value is 0. The van der Waals surface area contributed by atoms with Crippen LogP contribution in [0.25, 0.3) is 0 Å². The molecule has 0 bridgehead atoms. The minimum absolute atomic E-state index is 0.845. The summed E-state index contributed by atoms with van der Waals surface area (Å²) in [5.74, 6) is 6.34. The molecule has 17 heavy (non-hydrogen) atoms. The molecule has 6 unspecified atom stereocenters. The summed E-state index contributed by atoms with van der Waals surface area (Å²) in [6, 6.07) is 0. The van der Waals surface area contributed by atoms with Gasteiger partial charge in [0, 0.05) is 0 Å². The molecule has 0 radical (unpaired) electrons. The normalized spacial score (nSPS) is 51.5. The second kappa shape index (κ2) is 4.00. The first-order valence-corrected chi connectivity index (χ1v) is 8.13. The molecule has 0 amide bonds. The monoisotopic (exact) mass is 234 g/mol. The van der Waals surface area contributed by atoms with E-state index in [1.165, 1.54) is 19.3 Å². The van der Waals surface area contributed by atoms with Crippen LogP contribution in [0.3, 0.4) is 0 Å². The van der Waals surface area contributed by atoms with Crippen molar-refractivity contribution in [3.63, 3.8) is 0 Å². The third-order valence-electron chi connectivity index (χ3n) is 6.83. The van der Waals surface area contributed by atoms with Crippen LogP contribution in [0.5, 0.6) is 0 Å². The van der Waals surface area contributed by atoms with Crippen molar-refractivity contribution < 1.29 is 0 Å². The zero-order chi connectivity index (χ0) is 12.2. The highest BCUT2D eigenvalue weighted by atomic mass is 14.7. The predicted molar refractivity (Wildman–Crippen MR) is 73.8 cm³/mol. The van der Waals surface area contributed by atoms with Gasteiger partial charge in [-0.3, -0.25) is 0 Å². The molecule has 0 heteroatoms. The maximum atomic E-state index is 2.57. The first-order chi connectivity index (χ1) is 8.13. The third-order valence-corrected chi connectivity index (χ3v) is 6.83. The molecule has 0 saturated heterocycles. The van der Waals surface area contributed by atoms with Gasteiger partial charge in [0.2, 0.25) is 0 Å². The lowest BCUT2D eigenvalue weighted by Crippen LogP contribution is -2.25. The van der Waals surface area contributed by atoms with E-state index in [9.17, 15) is 0 Å². The summed E-state index contributed by atoms with van der Waals surface area (Å²) in [6.07, 6.45) is 9.10.